The SMILES string of the molecule is C/C=C(\C=NC)N1CCCCC1. The largest absolute Gasteiger partial charge is 0.371 e. The molecular weight excluding hydrogens is 148 g/mol. The van der Waals surface area contributed by atoms with Gasteiger partial charge in [-0.05, 0) is 26.2 Å². The first kappa shape index (κ1) is 9.30. The molecule has 1 saturated heterocycles. The molecule has 1 rings (SSSR count). The van der Waals surface area contributed by atoms with Gasteiger partial charge in [-0.2, -0.15) is 0 Å². The molecule has 0 N–H and O–H groups in total. The van der Waals surface area contributed by atoms with E-state index in [1.54, 1.807) is 0 Å². The third kappa shape index (κ3) is 2.36. The van der Waals surface area contributed by atoms with E-state index in [9.17, 15) is 0 Å². The molecule has 1 aliphatic rings. The Kier molecular flexibility index (Phi) is 3.85. The molecule has 2 heteroatoms. The van der Waals surface area contributed by atoms with Crippen LogP contribution in [0.5, 0.6) is 0 Å². The summed E-state index contributed by atoms with van der Waals surface area (Å²) >= 11 is 0. The Morgan fingerprint density at radius 2 is 1.92 bits per heavy atom. The number of hydrogen-bond donors (Lipinski definition) is 0. The van der Waals surface area contributed by atoms with Crippen molar-refractivity contribution in [1.82, 2.24) is 4.90 Å². The molecule has 2 nitrogen and oxygen atoms in total. The topological polar surface area (TPSA) is 15.6 Å². The lowest BCUT2D eigenvalue weighted by Gasteiger charge is -2.29. The van der Waals surface area contributed by atoms with Crippen LogP contribution in [0.1, 0.15) is 26.2 Å². The molecule has 0 aromatic rings. The lowest BCUT2D eigenvalue weighted by atomic mass is 10.1. The molecule has 0 unspecified atom stereocenters. The van der Waals surface area contributed by atoms with Gasteiger partial charge in [0, 0.05) is 26.4 Å². The minimum absolute atomic E-state index is 1.20. The molecule has 68 valence electrons. The quantitative estimate of drug-likeness (QED) is 0.573. The highest BCUT2D eigenvalue weighted by molar-refractivity contribution is 5.77. The third-order valence-corrected chi connectivity index (χ3v) is 2.28. The average molecular weight is 166 g/mol. The second-order valence-corrected chi connectivity index (χ2v) is 3.15. The highest BCUT2D eigenvalue weighted by atomic mass is 15.1. The zero-order chi connectivity index (χ0) is 8.81. The molecule has 12 heavy (non-hydrogen) atoms. The first-order valence-corrected chi connectivity index (χ1v) is 4.72. The van der Waals surface area contributed by atoms with E-state index in [-0.39, 0.29) is 0 Å². The third-order valence-electron chi connectivity index (χ3n) is 2.28. The fraction of sp³-hybridized carbons (Fsp3) is 0.700. The van der Waals surface area contributed by atoms with Crippen molar-refractivity contribution in [3.05, 3.63) is 11.8 Å². The van der Waals surface area contributed by atoms with Crippen LogP contribution in [0.4, 0.5) is 0 Å². The van der Waals surface area contributed by atoms with E-state index in [0.717, 1.165) is 0 Å². The van der Waals surface area contributed by atoms with Crippen molar-refractivity contribution in [3.8, 4) is 0 Å². The fourth-order valence-corrected chi connectivity index (χ4v) is 1.62. The van der Waals surface area contributed by atoms with Crippen molar-refractivity contribution in [2.45, 2.75) is 26.2 Å². The molecule has 0 bridgehead atoms. The van der Waals surface area contributed by atoms with Crippen molar-refractivity contribution >= 4 is 6.21 Å². The maximum atomic E-state index is 4.05. The number of likely N-dealkylation sites (tertiary alicyclic amines) is 1. The molecule has 0 saturated carbocycles. The number of allylic oxidation sites excluding steroid dienone is 2. The molecule has 0 atom stereocenters. The van der Waals surface area contributed by atoms with Gasteiger partial charge in [-0.1, -0.05) is 6.08 Å². The van der Waals surface area contributed by atoms with E-state index in [2.05, 4.69) is 22.9 Å². The van der Waals surface area contributed by atoms with Crippen LogP contribution in [-0.2, 0) is 0 Å². The normalized spacial score (nSPS) is 20.5. The second-order valence-electron chi connectivity index (χ2n) is 3.15. The molecule has 0 spiro atoms. The summed E-state index contributed by atoms with van der Waals surface area (Å²) in [6, 6.07) is 0. The van der Waals surface area contributed by atoms with Crippen molar-refractivity contribution < 1.29 is 0 Å². The van der Waals surface area contributed by atoms with Crippen LogP contribution < -0.4 is 0 Å². The summed E-state index contributed by atoms with van der Waals surface area (Å²) in [5, 5.41) is 0. The van der Waals surface area contributed by atoms with Crippen molar-refractivity contribution in [3.63, 3.8) is 0 Å². The van der Waals surface area contributed by atoms with E-state index < -0.39 is 0 Å². The highest BCUT2D eigenvalue weighted by Crippen LogP contribution is 2.13. The summed E-state index contributed by atoms with van der Waals surface area (Å²) in [5.74, 6) is 0. The molecule has 1 fully saturated rings. The number of hydrogen-bond acceptors (Lipinski definition) is 2. The van der Waals surface area contributed by atoms with Crippen LogP contribution in [0.3, 0.4) is 0 Å². The minimum Gasteiger partial charge on any atom is -0.371 e. The van der Waals surface area contributed by atoms with Gasteiger partial charge < -0.3 is 4.90 Å². The van der Waals surface area contributed by atoms with Gasteiger partial charge in [-0.15, -0.1) is 0 Å². The van der Waals surface area contributed by atoms with Crippen LogP contribution in [-0.4, -0.2) is 31.3 Å². The highest BCUT2D eigenvalue weighted by Gasteiger charge is 2.10. The average Bonchev–Trinajstić information content (AvgIpc) is 2.15. The molecule has 0 aliphatic carbocycles. The van der Waals surface area contributed by atoms with Gasteiger partial charge in [0.1, 0.15) is 0 Å². The molecule has 1 heterocycles. The van der Waals surface area contributed by atoms with Crippen LogP contribution >= 0.6 is 0 Å². The fourth-order valence-electron chi connectivity index (χ4n) is 1.62. The Morgan fingerprint density at radius 1 is 1.25 bits per heavy atom. The van der Waals surface area contributed by atoms with E-state index >= 15 is 0 Å². The first-order chi connectivity index (χ1) is 5.88. The molecule has 0 amide bonds. The summed E-state index contributed by atoms with van der Waals surface area (Å²) in [6.45, 7) is 4.48. The number of piperidine rings is 1. The maximum Gasteiger partial charge on any atom is 0.0504 e. The summed E-state index contributed by atoms with van der Waals surface area (Å²) in [5.41, 5.74) is 1.28. The summed E-state index contributed by atoms with van der Waals surface area (Å²) in [6.07, 6.45) is 8.13. The number of rotatable bonds is 2. The Hall–Kier alpha value is -0.790. The Morgan fingerprint density at radius 3 is 2.42 bits per heavy atom. The Labute approximate surface area is 75.0 Å². The molecular formula is C10H18N2. The predicted octanol–water partition coefficient (Wildman–Crippen LogP) is 2.08. The van der Waals surface area contributed by atoms with E-state index in [0.29, 0.717) is 0 Å². The van der Waals surface area contributed by atoms with Crippen molar-refractivity contribution in [2.24, 2.45) is 4.99 Å². The lowest BCUT2D eigenvalue weighted by Crippen LogP contribution is -2.29. The number of nitrogens with zero attached hydrogens (tertiary/aromatic N) is 2. The van der Waals surface area contributed by atoms with Crippen molar-refractivity contribution in [1.29, 1.82) is 0 Å². The molecule has 0 aromatic carbocycles. The zero-order valence-electron chi connectivity index (χ0n) is 8.08. The van der Waals surface area contributed by atoms with Crippen molar-refractivity contribution in [2.75, 3.05) is 20.1 Å². The summed E-state index contributed by atoms with van der Waals surface area (Å²) < 4.78 is 0. The smallest absolute Gasteiger partial charge is 0.0504 e. The Balaban J connectivity index is 2.52. The van der Waals surface area contributed by atoms with E-state index in [4.69, 9.17) is 0 Å². The second kappa shape index (κ2) is 4.96. The van der Waals surface area contributed by atoms with Crippen LogP contribution in [0.25, 0.3) is 0 Å². The minimum atomic E-state index is 1.20. The first-order valence-electron chi connectivity index (χ1n) is 4.72. The van der Waals surface area contributed by atoms with Gasteiger partial charge in [-0.25, -0.2) is 0 Å². The van der Waals surface area contributed by atoms with Crippen LogP contribution in [0.15, 0.2) is 16.8 Å². The van der Waals surface area contributed by atoms with E-state index in [1.165, 1.54) is 38.0 Å². The molecule has 0 aromatic heterocycles. The van der Waals surface area contributed by atoms with Gasteiger partial charge in [0.05, 0.1) is 5.70 Å². The van der Waals surface area contributed by atoms with Crippen LogP contribution in [0, 0.1) is 0 Å². The van der Waals surface area contributed by atoms with Gasteiger partial charge in [-0.3, -0.25) is 4.99 Å². The maximum absolute atomic E-state index is 4.05. The predicted molar refractivity (Wildman–Crippen MR) is 53.6 cm³/mol. The molecule has 1 aliphatic heterocycles. The number of aliphatic imine (C=N–C) groups is 1. The van der Waals surface area contributed by atoms with Gasteiger partial charge in [0.25, 0.3) is 0 Å². The zero-order valence-corrected chi connectivity index (χ0v) is 8.08. The van der Waals surface area contributed by atoms with Gasteiger partial charge in [0.15, 0.2) is 0 Å². The monoisotopic (exact) mass is 166 g/mol. The molecule has 0 radical (unpaired) electrons. The van der Waals surface area contributed by atoms with E-state index in [1.807, 2.05) is 13.3 Å². The lowest BCUT2D eigenvalue weighted by molar-refractivity contribution is 0.298. The Bertz CT molecular complexity index is 176. The standard InChI is InChI=1S/C10H18N2/c1-3-10(9-11-2)12-7-5-4-6-8-12/h3,9H,4-8H2,1-2H3/b10-3+,11-9?. The van der Waals surface area contributed by atoms with Crippen LogP contribution in [0.2, 0.25) is 0 Å². The summed E-state index contributed by atoms with van der Waals surface area (Å²) in [7, 11) is 1.83. The summed E-state index contributed by atoms with van der Waals surface area (Å²) in [4.78, 5) is 6.46. The van der Waals surface area contributed by atoms with Gasteiger partial charge in [0.2, 0.25) is 0 Å². The van der Waals surface area contributed by atoms with Gasteiger partial charge >= 0.3 is 0 Å².